The number of carbonyl (C=O) groups is 2. The first-order chi connectivity index (χ1) is 18.4. The number of amides is 1. The molecule has 38 heavy (non-hydrogen) atoms. The van der Waals surface area contributed by atoms with E-state index in [1.807, 2.05) is 75.4 Å². The van der Waals surface area contributed by atoms with Crippen LogP contribution in [0.3, 0.4) is 0 Å². The highest BCUT2D eigenvalue weighted by Gasteiger charge is 2.16. The Balaban J connectivity index is 1.42. The second kappa shape index (κ2) is 10.6. The Bertz CT molecular complexity index is 1650. The van der Waals surface area contributed by atoms with E-state index < -0.39 is 18.5 Å². The van der Waals surface area contributed by atoms with E-state index in [1.165, 1.54) is 0 Å². The van der Waals surface area contributed by atoms with Crippen molar-refractivity contribution in [2.45, 2.75) is 20.8 Å². The van der Waals surface area contributed by atoms with Gasteiger partial charge in [-0.25, -0.2) is 19.7 Å². The van der Waals surface area contributed by atoms with Crippen LogP contribution in [0, 0.1) is 20.8 Å². The van der Waals surface area contributed by atoms with Crippen LogP contribution in [-0.2, 0) is 9.53 Å². The number of pyridine rings is 1. The van der Waals surface area contributed by atoms with Crippen LogP contribution in [0.15, 0.2) is 85.1 Å². The first kappa shape index (κ1) is 24.8. The van der Waals surface area contributed by atoms with Crippen molar-refractivity contribution in [2.75, 3.05) is 11.9 Å². The molecule has 7 nitrogen and oxygen atoms in total. The molecule has 0 aliphatic rings. The highest BCUT2D eigenvalue weighted by atomic mass is 16.5. The van der Waals surface area contributed by atoms with Crippen molar-refractivity contribution in [1.82, 2.24) is 15.0 Å². The van der Waals surface area contributed by atoms with Crippen molar-refractivity contribution in [2.24, 2.45) is 0 Å². The lowest BCUT2D eigenvalue weighted by Crippen LogP contribution is -2.21. The van der Waals surface area contributed by atoms with Crippen LogP contribution in [0.1, 0.15) is 27.0 Å². The molecule has 0 bridgehead atoms. The van der Waals surface area contributed by atoms with E-state index in [0.29, 0.717) is 16.9 Å². The zero-order chi connectivity index (χ0) is 26.6. The molecule has 2 aromatic heterocycles. The van der Waals surface area contributed by atoms with E-state index >= 15 is 0 Å². The molecule has 7 heteroatoms. The third-order valence-corrected chi connectivity index (χ3v) is 6.07. The van der Waals surface area contributed by atoms with Gasteiger partial charge >= 0.3 is 5.97 Å². The summed E-state index contributed by atoms with van der Waals surface area (Å²) in [6.45, 7) is 5.54. The number of aryl methyl sites for hydroxylation is 3. The fourth-order valence-corrected chi connectivity index (χ4v) is 4.00. The molecule has 5 aromatic rings. The minimum absolute atomic E-state index is 0.284. The summed E-state index contributed by atoms with van der Waals surface area (Å²) in [6.07, 6.45) is 1.60. The number of fused-ring (bicyclic) bond motifs is 1. The van der Waals surface area contributed by atoms with E-state index in [2.05, 4.69) is 10.3 Å². The SMILES string of the molecule is Cc1ccc(-c2nc3ccc(C(=O)OCC(=O)Nc4cc(C)ccn4)cc3nc2-c2ccc(C)cc2)cc1. The van der Waals surface area contributed by atoms with Gasteiger partial charge in [0.1, 0.15) is 5.82 Å². The number of carbonyl (C=O) groups excluding carboxylic acids is 2. The Hall–Kier alpha value is -4.91. The molecule has 1 N–H and O–H groups in total. The minimum Gasteiger partial charge on any atom is -0.452 e. The van der Waals surface area contributed by atoms with Crippen LogP contribution in [0.2, 0.25) is 0 Å². The summed E-state index contributed by atoms with van der Waals surface area (Å²) in [5, 5.41) is 2.62. The van der Waals surface area contributed by atoms with Crippen molar-refractivity contribution in [3.05, 3.63) is 107 Å². The lowest BCUT2D eigenvalue weighted by Gasteiger charge is -2.12. The lowest BCUT2D eigenvalue weighted by atomic mass is 10.0. The minimum atomic E-state index is -0.624. The number of hydrogen-bond acceptors (Lipinski definition) is 6. The Morgan fingerprint density at radius 1 is 0.711 bits per heavy atom. The molecule has 0 aliphatic heterocycles. The topological polar surface area (TPSA) is 94.1 Å². The molecule has 3 aromatic carbocycles. The molecule has 0 spiro atoms. The first-order valence-corrected chi connectivity index (χ1v) is 12.2. The zero-order valence-electron chi connectivity index (χ0n) is 21.4. The Kier molecular flexibility index (Phi) is 6.91. The number of aromatic nitrogens is 3. The average Bonchev–Trinajstić information content (AvgIpc) is 2.91. The van der Waals surface area contributed by atoms with Gasteiger partial charge in [-0.3, -0.25) is 4.79 Å². The monoisotopic (exact) mass is 502 g/mol. The molecule has 1 amide bonds. The van der Waals surface area contributed by atoms with E-state index in [-0.39, 0.29) is 5.56 Å². The number of benzene rings is 3. The number of esters is 1. The van der Waals surface area contributed by atoms with E-state index in [1.54, 1.807) is 30.5 Å². The maximum atomic E-state index is 12.7. The van der Waals surface area contributed by atoms with Gasteiger partial charge in [-0.2, -0.15) is 0 Å². The van der Waals surface area contributed by atoms with Gasteiger partial charge in [0, 0.05) is 17.3 Å². The molecule has 188 valence electrons. The summed E-state index contributed by atoms with van der Waals surface area (Å²) in [5.41, 5.74) is 8.11. The third kappa shape index (κ3) is 5.57. The van der Waals surface area contributed by atoms with Gasteiger partial charge in [0.2, 0.25) is 0 Å². The van der Waals surface area contributed by atoms with Crippen LogP contribution in [-0.4, -0.2) is 33.4 Å². The second-order valence-corrected chi connectivity index (χ2v) is 9.20. The number of anilines is 1. The molecule has 0 unspecified atom stereocenters. The normalized spacial score (nSPS) is 10.8. The summed E-state index contributed by atoms with van der Waals surface area (Å²) < 4.78 is 5.25. The van der Waals surface area contributed by atoms with Crippen molar-refractivity contribution >= 4 is 28.7 Å². The zero-order valence-corrected chi connectivity index (χ0v) is 21.4. The van der Waals surface area contributed by atoms with E-state index in [4.69, 9.17) is 14.7 Å². The summed E-state index contributed by atoms with van der Waals surface area (Å²) in [6, 6.07) is 24.8. The molecule has 0 saturated carbocycles. The van der Waals surface area contributed by atoms with E-state index in [9.17, 15) is 9.59 Å². The standard InChI is InChI=1S/C31H26N4O3/c1-19-4-8-22(9-5-19)29-30(23-10-6-20(2)7-11-23)34-26-17-24(12-13-25(26)33-29)31(37)38-18-28(36)35-27-16-21(3)14-15-32-27/h4-17H,18H2,1-3H3,(H,32,35,36). The highest BCUT2D eigenvalue weighted by molar-refractivity contribution is 5.97. The smallest absolute Gasteiger partial charge is 0.338 e. The van der Waals surface area contributed by atoms with Gasteiger partial charge in [-0.1, -0.05) is 59.7 Å². The van der Waals surface area contributed by atoms with Gasteiger partial charge < -0.3 is 10.1 Å². The predicted octanol–water partition coefficient (Wildman–Crippen LogP) is 6.08. The Morgan fingerprint density at radius 3 is 1.92 bits per heavy atom. The molecule has 0 aliphatic carbocycles. The summed E-state index contributed by atoms with van der Waals surface area (Å²) in [5.74, 6) is -0.693. The van der Waals surface area contributed by atoms with E-state index in [0.717, 1.165) is 39.2 Å². The Labute approximate surface area is 220 Å². The number of nitrogens with zero attached hydrogens (tertiary/aromatic N) is 3. The van der Waals surface area contributed by atoms with Gasteiger partial charge in [0.25, 0.3) is 5.91 Å². The maximum absolute atomic E-state index is 12.7. The molecule has 0 atom stereocenters. The fraction of sp³-hybridized carbons (Fsp3) is 0.129. The van der Waals surface area contributed by atoms with Crippen LogP contribution in [0.25, 0.3) is 33.5 Å². The van der Waals surface area contributed by atoms with Gasteiger partial charge in [0.15, 0.2) is 6.61 Å². The molecule has 0 saturated heterocycles. The largest absolute Gasteiger partial charge is 0.452 e. The lowest BCUT2D eigenvalue weighted by molar-refractivity contribution is -0.119. The first-order valence-electron chi connectivity index (χ1n) is 12.2. The number of hydrogen-bond donors (Lipinski definition) is 1. The Morgan fingerprint density at radius 2 is 1.32 bits per heavy atom. The second-order valence-electron chi connectivity index (χ2n) is 9.20. The quantitative estimate of drug-likeness (QED) is 0.283. The third-order valence-electron chi connectivity index (χ3n) is 6.07. The average molecular weight is 503 g/mol. The molecule has 0 radical (unpaired) electrons. The molecule has 5 rings (SSSR count). The van der Waals surface area contributed by atoms with Gasteiger partial charge in [-0.05, 0) is 56.7 Å². The van der Waals surface area contributed by atoms with Crippen LogP contribution in [0.5, 0.6) is 0 Å². The molecule has 0 fully saturated rings. The van der Waals surface area contributed by atoms with Gasteiger partial charge in [-0.15, -0.1) is 0 Å². The maximum Gasteiger partial charge on any atom is 0.338 e. The van der Waals surface area contributed by atoms with Crippen LogP contribution < -0.4 is 5.32 Å². The number of ether oxygens (including phenoxy) is 1. The predicted molar refractivity (Wildman–Crippen MR) is 148 cm³/mol. The number of rotatable bonds is 6. The van der Waals surface area contributed by atoms with Gasteiger partial charge in [0.05, 0.1) is 28.0 Å². The summed E-state index contributed by atoms with van der Waals surface area (Å²) >= 11 is 0. The van der Waals surface area contributed by atoms with Crippen molar-refractivity contribution in [3.63, 3.8) is 0 Å². The summed E-state index contributed by atoms with van der Waals surface area (Å²) in [7, 11) is 0. The molecular weight excluding hydrogens is 476 g/mol. The van der Waals surface area contributed by atoms with Crippen molar-refractivity contribution in [3.8, 4) is 22.5 Å². The summed E-state index contributed by atoms with van der Waals surface area (Å²) in [4.78, 5) is 38.9. The fourth-order valence-electron chi connectivity index (χ4n) is 4.00. The molecular formula is C31H26N4O3. The van der Waals surface area contributed by atoms with Crippen molar-refractivity contribution in [1.29, 1.82) is 0 Å². The number of nitrogens with one attached hydrogen (secondary N) is 1. The highest BCUT2D eigenvalue weighted by Crippen LogP contribution is 2.31. The van der Waals surface area contributed by atoms with Crippen LogP contribution >= 0.6 is 0 Å². The van der Waals surface area contributed by atoms with Crippen LogP contribution in [0.4, 0.5) is 5.82 Å². The molecule has 2 heterocycles. The van der Waals surface area contributed by atoms with Crippen molar-refractivity contribution < 1.29 is 14.3 Å².